The summed E-state index contributed by atoms with van der Waals surface area (Å²) in [5.74, 6) is 1.85. The van der Waals surface area contributed by atoms with Gasteiger partial charge in [0.05, 0.1) is 6.61 Å². The van der Waals surface area contributed by atoms with Crippen LogP contribution in [0.4, 0.5) is 0 Å². The van der Waals surface area contributed by atoms with Gasteiger partial charge in [0.25, 0.3) is 0 Å². The molecule has 2 rings (SSSR count). The highest BCUT2D eigenvalue weighted by Crippen LogP contribution is 2.12. The molecule has 0 bridgehead atoms. The van der Waals surface area contributed by atoms with Crippen LogP contribution in [0.15, 0.2) is 29.4 Å². The van der Waals surface area contributed by atoms with Gasteiger partial charge in [-0.3, -0.25) is 0 Å². The summed E-state index contributed by atoms with van der Waals surface area (Å²) >= 11 is 1.64. The van der Waals surface area contributed by atoms with Crippen molar-refractivity contribution in [2.24, 2.45) is 7.05 Å². The lowest BCUT2D eigenvalue weighted by Crippen LogP contribution is -2.16. The van der Waals surface area contributed by atoms with Gasteiger partial charge in [-0.25, -0.2) is 4.68 Å². The van der Waals surface area contributed by atoms with Gasteiger partial charge < -0.3 is 10.1 Å². The lowest BCUT2D eigenvalue weighted by molar-refractivity contribution is 0.340. The average Bonchev–Trinajstić information content (AvgIpc) is 2.86. The maximum absolute atomic E-state index is 5.41. The molecule has 0 saturated carbocycles. The Balaban J connectivity index is 0.00000220. The van der Waals surface area contributed by atoms with E-state index in [-0.39, 0.29) is 12.4 Å². The van der Waals surface area contributed by atoms with Crippen LogP contribution in [-0.2, 0) is 13.6 Å². The van der Waals surface area contributed by atoms with Gasteiger partial charge in [-0.05, 0) is 35.0 Å². The van der Waals surface area contributed by atoms with E-state index in [2.05, 4.69) is 33.0 Å². The Morgan fingerprint density at radius 2 is 2.05 bits per heavy atom. The van der Waals surface area contributed by atoms with Gasteiger partial charge in [-0.15, -0.1) is 17.5 Å². The van der Waals surface area contributed by atoms with E-state index in [9.17, 15) is 0 Å². The third-order valence-corrected chi connectivity index (χ3v) is 3.67. The summed E-state index contributed by atoms with van der Waals surface area (Å²) in [6.45, 7) is 4.44. The van der Waals surface area contributed by atoms with Crippen LogP contribution in [0.5, 0.6) is 5.75 Å². The van der Waals surface area contributed by atoms with Gasteiger partial charge in [0.2, 0.25) is 5.16 Å². The fourth-order valence-corrected chi connectivity index (χ4v) is 2.41. The van der Waals surface area contributed by atoms with Crippen molar-refractivity contribution >= 4 is 24.2 Å². The first-order valence-electron chi connectivity index (χ1n) is 6.57. The molecule has 1 aromatic carbocycles. The van der Waals surface area contributed by atoms with Crippen LogP contribution in [0.25, 0.3) is 0 Å². The second-order valence-corrected chi connectivity index (χ2v) is 5.25. The number of thioether (sulfide) groups is 1. The normalized spacial score (nSPS) is 10.2. The summed E-state index contributed by atoms with van der Waals surface area (Å²) < 4.78 is 7.09. The van der Waals surface area contributed by atoms with Gasteiger partial charge in [0.1, 0.15) is 5.75 Å². The standard InChI is InChI=1S/C13H19N5OS.ClH/c1-3-19-12-6-4-11(5-7-12)10-14-8-9-20-13-15-16-17-18(13)2;/h4-7,14H,3,8-10H2,1-2H3;1H. The van der Waals surface area contributed by atoms with E-state index in [1.807, 2.05) is 26.1 Å². The number of hydrogen-bond donors (Lipinski definition) is 1. The summed E-state index contributed by atoms with van der Waals surface area (Å²) in [6, 6.07) is 8.16. The summed E-state index contributed by atoms with van der Waals surface area (Å²) in [5, 5.41) is 15.5. The van der Waals surface area contributed by atoms with Crippen LogP contribution in [-0.4, -0.2) is 39.1 Å². The topological polar surface area (TPSA) is 64.9 Å². The van der Waals surface area contributed by atoms with Gasteiger partial charge in [0, 0.05) is 25.9 Å². The van der Waals surface area contributed by atoms with Crippen molar-refractivity contribution in [1.29, 1.82) is 0 Å². The predicted octanol–water partition coefficient (Wildman–Crippen LogP) is 1.91. The molecule has 116 valence electrons. The minimum Gasteiger partial charge on any atom is -0.494 e. The van der Waals surface area contributed by atoms with E-state index < -0.39 is 0 Å². The summed E-state index contributed by atoms with van der Waals surface area (Å²) in [5.41, 5.74) is 1.25. The van der Waals surface area contributed by atoms with Crippen molar-refractivity contribution in [3.05, 3.63) is 29.8 Å². The van der Waals surface area contributed by atoms with Crippen LogP contribution < -0.4 is 10.1 Å². The number of halogens is 1. The SMILES string of the molecule is CCOc1ccc(CNCCSc2nnnn2C)cc1.Cl. The Kier molecular flexibility index (Phi) is 8.11. The van der Waals surface area contributed by atoms with Crippen LogP contribution in [0.3, 0.4) is 0 Å². The number of tetrazole rings is 1. The van der Waals surface area contributed by atoms with Crippen LogP contribution >= 0.6 is 24.2 Å². The molecule has 1 heterocycles. The second-order valence-electron chi connectivity index (χ2n) is 4.19. The van der Waals surface area contributed by atoms with E-state index in [1.165, 1.54) is 5.56 Å². The zero-order chi connectivity index (χ0) is 14.2. The van der Waals surface area contributed by atoms with Gasteiger partial charge in [-0.1, -0.05) is 23.9 Å². The molecule has 1 aromatic heterocycles. The van der Waals surface area contributed by atoms with E-state index in [0.29, 0.717) is 6.61 Å². The minimum absolute atomic E-state index is 0. The fraction of sp³-hybridized carbons (Fsp3) is 0.462. The number of nitrogens with one attached hydrogen (secondary N) is 1. The lowest BCUT2D eigenvalue weighted by atomic mass is 10.2. The van der Waals surface area contributed by atoms with Gasteiger partial charge in [0.15, 0.2) is 0 Å². The van der Waals surface area contributed by atoms with Crippen LogP contribution in [0.1, 0.15) is 12.5 Å². The van der Waals surface area contributed by atoms with Crippen molar-refractivity contribution in [3.8, 4) is 5.75 Å². The second kappa shape index (κ2) is 9.59. The Morgan fingerprint density at radius 1 is 1.29 bits per heavy atom. The highest BCUT2D eigenvalue weighted by atomic mass is 35.5. The first-order chi connectivity index (χ1) is 9.79. The van der Waals surface area contributed by atoms with E-state index in [1.54, 1.807) is 16.4 Å². The number of benzene rings is 1. The highest BCUT2D eigenvalue weighted by Gasteiger charge is 2.01. The Morgan fingerprint density at radius 3 is 2.67 bits per heavy atom. The molecular formula is C13H20ClN5OS. The Bertz CT molecular complexity index is 520. The number of hydrogen-bond acceptors (Lipinski definition) is 6. The fourth-order valence-electron chi connectivity index (χ4n) is 1.66. The van der Waals surface area contributed by atoms with Crippen molar-refractivity contribution < 1.29 is 4.74 Å². The zero-order valence-corrected chi connectivity index (χ0v) is 13.8. The quantitative estimate of drug-likeness (QED) is 0.589. The Labute approximate surface area is 135 Å². The maximum Gasteiger partial charge on any atom is 0.209 e. The summed E-state index contributed by atoms with van der Waals surface area (Å²) in [6.07, 6.45) is 0. The van der Waals surface area contributed by atoms with E-state index in [4.69, 9.17) is 4.74 Å². The maximum atomic E-state index is 5.41. The monoisotopic (exact) mass is 329 g/mol. The summed E-state index contributed by atoms with van der Waals surface area (Å²) in [4.78, 5) is 0. The average molecular weight is 330 g/mol. The third kappa shape index (κ3) is 5.91. The molecule has 0 atom stereocenters. The predicted molar refractivity (Wildman–Crippen MR) is 86.1 cm³/mol. The summed E-state index contributed by atoms with van der Waals surface area (Å²) in [7, 11) is 1.84. The van der Waals surface area contributed by atoms with Crippen LogP contribution in [0.2, 0.25) is 0 Å². The minimum atomic E-state index is 0. The molecule has 0 unspecified atom stereocenters. The van der Waals surface area contributed by atoms with Crippen molar-refractivity contribution in [2.75, 3.05) is 18.9 Å². The molecule has 0 saturated heterocycles. The molecule has 0 fully saturated rings. The molecule has 0 aliphatic rings. The lowest BCUT2D eigenvalue weighted by Gasteiger charge is -2.06. The number of nitrogens with zero attached hydrogens (tertiary/aromatic N) is 4. The smallest absolute Gasteiger partial charge is 0.209 e. The van der Waals surface area contributed by atoms with Gasteiger partial charge >= 0.3 is 0 Å². The first kappa shape index (κ1) is 17.7. The number of aryl methyl sites for hydroxylation is 1. The Hall–Kier alpha value is -1.31. The van der Waals surface area contributed by atoms with Crippen LogP contribution in [0, 0.1) is 0 Å². The largest absolute Gasteiger partial charge is 0.494 e. The molecule has 8 heteroatoms. The molecule has 6 nitrogen and oxygen atoms in total. The van der Waals surface area contributed by atoms with E-state index >= 15 is 0 Å². The molecule has 0 aliphatic carbocycles. The highest BCUT2D eigenvalue weighted by molar-refractivity contribution is 7.99. The van der Waals surface area contributed by atoms with E-state index in [0.717, 1.165) is 29.7 Å². The molecule has 0 aliphatic heterocycles. The molecular weight excluding hydrogens is 310 g/mol. The third-order valence-electron chi connectivity index (χ3n) is 2.65. The van der Waals surface area contributed by atoms with Crippen molar-refractivity contribution in [1.82, 2.24) is 25.5 Å². The zero-order valence-electron chi connectivity index (χ0n) is 12.2. The van der Waals surface area contributed by atoms with Crippen molar-refractivity contribution in [3.63, 3.8) is 0 Å². The molecule has 2 aromatic rings. The molecule has 0 spiro atoms. The number of ether oxygens (including phenoxy) is 1. The van der Waals surface area contributed by atoms with Crippen molar-refractivity contribution in [2.45, 2.75) is 18.6 Å². The molecule has 0 radical (unpaired) electrons. The number of aromatic nitrogens is 4. The first-order valence-corrected chi connectivity index (χ1v) is 7.55. The molecule has 0 amide bonds. The number of rotatable bonds is 8. The molecule has 21 heavy (non-hydrogen) atoms. The molecule has 1 N–H and O–H groups in total. The van der Waals surface area contributed by atoms with Gasteiger partial charge in [-0.2, -0.15) is 0 Å².